The Morgan fingerprint density at radius 3 is 2.80 bits per heavy atom. The first-order chi connectivity index (χ1) is 7.22. The van der Waals surface area contributed by atoms with E-state index in [9.17, 15) is 4.79 Å². The quantitative estimate of drug-likeness (QED) is 0.685. The molecule has 0 amide bonds. The lowest BCUT2D eigenvalue weighted by atomic mass is 10.2. The second kappa shape index (κ2) is 4.19. The lowest BCUT2D eigenvalue weighted by molar-refractivity contribution is 0.0920. The summed E-state index contributed by atoms with van der Waals surface area (Å²) in [5.74, 6) is 0.233. The Hall–Kier alpha value is -1.09. The van der Waals surface area contributed by atoms with Gasteiger partial charge in [0.1, 0.15) is 0 Å². The molecule has 0 radical (unpaired) electrons. The molecular weight excluding hydrogens is 188 g/mol. The largest absolute Gasteiger partial charge is 0.348 e. The van der Waals surface area contributed by atoms with E-state index in [1.165, 1.54) is 12.8 Å². The van der Waals surface area contributed by atoms with E-state index in [0.29, 0.717) is 12.6 Å². The monoisotopic (exact) mass is 206 g/mol. The van der Waals surface area contributed by atoms with Crippen LogP contribution < -0.4 is 0 Å². The lowest BCUT2D eigenvalue weighted by Crippen LogP contribution is -2.32. The van der Waals surface area contributed by atoms with E-state index in [2.05, 4.69) is 11.8 Å². The molecule has 1 fully saturated rings. The minimum absolute atomic E-state index is 0.233. The maximum Gasteiger partial charge on any atom is 0.193 e. The maximum atomic E-state index is 12.0. The van der Waals surface area contributed by atoms with E-state index >= 15 is 0 Å². The number of nitrogens with zero attached hydrogens (tertiary/aromatic N) is 2. The highest BCUT2D eigenvalue weighted by Crippen LogP contribution is 2.26. The number of ketones is 1. The van der Waals surface area contributed by atoms with Crippen molar-refractivity contribution in [3.8, 4) is 0 Å². The lowest BCUT2D eigenvalue weighted by Gasteiger charge is -2.18. The molecule has 0 aliphatic heterocycles. The zero-order valence-corrected chi connectivity index (χ0v) is 9.44. The third-order valence-electron chi connectivity index (χ3n) is 3.05. The van der Waals surface area contributed by atoms with E-state index < -0.39 is 0 Å². The first-order valence-electron chi connectivity index (χ1n) is 5.61. The van der Waals surface area contributed by atoms with Gasteiger partial charge in [0, 0.05) is 19.3 Å². The van der Waals surface area contributed by atoms with E-state index in [4.69, 9.17) is 0 Å². The molecule has 82 valence electrons. The van der Waals surface area contributed by atoms with Crippen LogP contribution in [0.3, 0.4) is 0 Å². The molecule has 1 heterocycles. The van der Waals surface area contributed by atoms with Crippen LogP contribution >= 0.6 is 0 Å². The summed E-state index contributed by atoms with van der Waals surface area (Å²) in [6.07, 6.45) is 4.43. The number of carbonyl (C=O) groups is 1. The summed E-state index contributed by atoms with van der Waals surface area (Å²) >= 11 is 0. The number of hydrogen-bond donors (Lipinski definition) is 0. The molecule has 1 aliphatic rings. The van der Waals surface area contributed by atoms with Gasteiger partial charge in [-0.3, -0.25) is 9.69 Å². The van der Waals surface area contributed by atoms with Gasteiger partial charge in [0.05, 0.1) is 12.2 Å². The summed E-state index contributed by atoms with van der Waals surface area (Å²) in [7, 11) is 1.92. The molecule has 0 aromatic carbocycles. The van der Waals surface area contributed by atoms with E-state index in [-0.39, 0.29) is 5.78 Å². The number of rotatable bonds is 5. The van der Waals surface area contributed by atoms with Crippen molar-refractivity contribution >= 4 is 5.78 Å². The Bertz CT molecular complexity index is 352. The Morgan fingerprint density at radius 2 is 2.33 bits per heavy atom. The SMILES string of the molecule is CCN(CC(=O)c1cccn1C)C1CC1. The van der Waals surface area contributed by atoms with Crippen molar-refractivity contribution in [2.45, 2.75) is 25.8 Å². The van der Waals surface area contributed by atoms with Crippen LogP contribution in [0.5, 0.6) is 0 Å². The molecule has 0 saturated heterocycles. The van der Waals surface area contributed by atoms with Gasteiger partial charge in [0.25, 0.3) is 0 Å². The zero-order chi connectivity index (χ0) is 10.8. The Labute approximate surface area is 90.7 Å². The van der Waals surface area contributed by atoms with Crippen molar-refractivity contribution in [3.63, 3.8) is 0 Å². The minimum atomic E-state index is 0.233. The van der Waals surface area contributed by atoms with Gasteiger partial charge in [-0.2, -0.15) is 0 Å². The Kier molecular flexibility index (Phi) is 2.91. The van der Waals surface area contributed by atoms with Crippen molar-refractivity contribution < 1.29 is 4.79 Å². The van der Waals surface area contributed by atoms with Crippen LogP contribution in [0.1, 0.15) is 30.3 Å². The van der Waals surface area contributed by atoms with E-state index in [0.717, 1.165) is 12.2 Å². The highest BCUT2D eigenvalue weighted by Gasteiger charge is 2.29. The van der Waals surface area contributed by atoms with Crippen molar-refractivity contribution in [3.05, 3.63) is 24.0 Å². The van der Waals surface area contributed by atoms with Gasteiger partial charge in [0.15, 0.2) is 5.78 Å². The number of aromatic nitrogens is 1. The Morgan fingerprint density at radius 1 is 1.60 bits per heavy atom. The van der Waals surface area contributed by atoms with Crippen LogP contribution in [0.4, 0.5) is 0 Å². The molecule has 1 aromatic heterocycles. The molecule has 1 aliphatic carbocycles. The predicted molar refractivity (Wildman–Crippen MR) is 60.0 cm³/mol. The zero-order valence-electron chi connectivity index (χ0n) is 9.44. The first kappa shape index (κ1) is 10.4. The molecule has 0 spiro atoms. The van der Waals surface area contributed by atoms with E-state index in [1.807, 2.05) is 29.9 Å². The third-order valence-corrected chi connectivity index (χ3v) is 3.05. The second-order valence-electron chi connectivity index (χ2n) is 4.22. The van der Waals surface area contributed by atoms with Gasteiger partial charge in [-0.05, 0) is 31.5 Å². The van der Waals surface area contributed by atoms with Gasteiger partial charge in [-0.1, -0.05) is 6.92 Å². The molecule has 15 heavy (non-hydrogen) atoms. The summed E-state index contributed by atoms with van der Waals surface area (Å²) in [5, 5.41) is 0. The van der Waals surface area contributed by atoms with Crippen LogP contribution in [-0.4, -0.2) is 34.4 Å². The second-order valence-corrected chi connectivity index (χ2v) is 4.22. The fraction of sp³-hybridized carbons (Fsp3) is 0.583. The smallest absolute Gasteiger partial charge is 0.193 e. The van der Waals surface area contributed by atoms with Gasteiger partial charge >= 0.3 is 0 Å². The molecule has 0 N–H and O–H groups in total. The highest BCUT2D eigenvalue weighted by molar-refractivity contribution is 5.96. The van der Waals surface area contributed by atoms with Crippen molar-refractivity contribution in [2.75, 3.05) is 13.1 Å². The fourth-order valence-electron chi connectivity index (χ4n) is 1.96. The topological polar surface area (TPSA) is 25.2 Å². The standard InChI is InChI=1S/C12H18N2O/c1-3-14(10-6-7-10)9-12(15)11-5-4-8-13(11)2/h4-5,8,10H,3,6-7,9H2,1-2H3. The number of hydrogen-bond acceptors (Lipinski definition) is 2. The molecule has 3 heteroatoms. The van der Waals surface area contributed by atoms with Gasteiger partial charge in [0.2, 0.25) is 0 Å². The molecule has 1 aromatic rings. The van der Waals surface area contributed by atoms with Gasteiger partial charge in [-0.15, -0.1) is 0 Å². The number of Topliss-reactive ketones (excluding diaryl/α,β-unsaturated/α-hetero) is 1. The number of likely N-dealkylation sites (N-methyl/N-ethyl adjacent to an activating group) is 1. The van der Waals surface area contributed by atoms with Crippen LogP contribution in [0.2, 0.25) is 0 Å². The summed E-state index contributed by atoms with van der Waals surface area (Å²) in [6, 6.07) is 4.48. The third kappa shape index (κ3) is 2.29. The van der Waals surface area contributed by atoms with Crippen molar-refractivity contribution in [1.82, 2.24) is 9.47 Å². The molecular formula is C12H18N2O. The first-order valence-corrected chi connectivity index (χ1v) is 5.61. The van der Waals surface area contributed by atoms with Crippen LogP contribution in [0.25, 0.3) is 0 Å². The van der Waals surface area contributed by atoms with Crippen molar-refractivity contribution in [2.24, 2.45) is 7.05 Å². The molecule has 1 saturated carbocycles. The summed E-state index contributed by atoms with van der Waals surface area (Å²) in [6.45, 7) is 3.66. The Balaban J connectivity index is 1.99. The predicted octanol–water partition coefficient (Wildman–Crippen LogP) is 1.69. The van der Waals surface area contributed by atoms with Crippen LogP contribution in [0.15, 0.2) is 18.3 Å². The summed E-state index contributed by atoms with van der Waals surface area (Å²) in [5.41, 5.74) is 0.814. The number of carbonyl (C=O) groups excluding carboxylic acids is 1. The average molecular weight is 206 g/mol. The molecule has 0 bridgehead atoms. The highest BCUT2D eigenvalue weighted by atomic mass is 16.1. The molecule has 2 rings (SSSR count). The van der Waals surface area contributed by atoms with Gasteiger partial charge < -0.3 is 4.57 Å². The average Bonchev–Trinajstić information content (AvgIpc) is 2.97. The van der Waals surface area contributed by atoms with Gasteiger partial charge in [-0.25, -0.2) is 0 Å². The van der Waals surface area contributed by atoms with Crippen LogP contribution in [0, 0.1) is 0 Å². The molecule has 3 nitrogen and oxygen atoms in total. The normalized spacial score (nSPS) is 15.9. The molecule has 0 unspecified atom stereocenters. The minimum Gasteiger partial charge on any atom is -0.348 e. The van der Waals surface area contributed by atoms with Crippen LogP contribution in [-0.2, 0) is 7.05 Å². The number of aryl methyl sites for hydroxylation is 1. The summed E-state index contributed by atoms with van der Waals surface area (Å²) in [4.78, 5) is 14.2. The fourth-order valence-corrected chi connectivity index (χ4v) is 1.96. The molecule has 0 atom stereocenters. The van der Waals surface area contributed by atoms with E-state index in [1.54, 1.807) is 0 Å². The maximum absolute atomic E-state index is 12.0. The summed E-state index contributed by atoms with van der Waals surface area (Å²) < 4.78 is 1.89. The van der Waals surface area contributed by atoms with Crippen molar-refractivity contribution in [1.29, 1.82) is 0 Å².